The predicted octanol–water partition coefficient (Wildman–Crippen LogP) is 0.628. The molecule has 0 fully saturated rings. The largest absolute Gasteiger partial charge is 0.466 e. The molecule has 1 heterocycles. The summed E-state index contributed by atoms with van der Waals surface area (Å²) in [6, 6.07) is 0. The molecular weight excluding hydrogens is 176 g/mol. The molecule has 4 heteroatoms. The molecule has 0 amide bonds. The quantitative estimate of drug-likeness (QED) is 0.482. The summed E-state index contributed by atoms with van der Waals surface area (Å²) in [5, 5.41) is 0. The zero-order chi connectivity index (χ0) is 8.97. The fourth-order valence-electron chi connectivity index (χ4n) is 1.06. The van der Waals surface area contributed by atoms with Gasteiger partial charge in [0.15, 0.2) is 0 Å². The number of hydrogen-bond donors (Lipinski definition) is 0. The van der Waals surface area contributed by atoms with Crippen LogP contribution in [0.25, 0.3) is 0 Å². The molecule has 1 aliphatic heterocycles. The lowest BCUT2D eigenvalue weighted by molar-refractivity contribution is -0.142. The maximum atomic E-state index is 10.9. The normalized spacial score (nSPS) is 22.1. The van der Waals surface area contributed by atoms with Crippen LogP contribution in [0.4, 0.5) is 0 Å². The second-order valence-electron chi connectivity index (χ2n) is 2.60. The van der Waals surface area contributed by atoms with Crippen molar-refractivity contribution in [1.82, 2.24) is 0 Å². The number of carbonyl (C=O) groups excluding carboxylic acids is 1. The molecule has 0 aromatic heterocycles. The van der Waals surface area contributed by atoms with Crippen LogP contribution in [0.5, 0.6) is 0 Å². The summed E-state index contributed by atoms with van der Waals surface area (Å²) in [6.07, 6.45) is 2.17. The topological polar surface area (TPSA) is 43.4 Å². The molecule has 0 aromatic carbocycles. The summed E-state index contributed by atoms with van der Waals surface area (Å²) in [5.74, 6) is 0.913. The summed E-state index contributed by atoms with van der Waals surface area (Å²) in [6.45, 7) is 2.19. The van der Waals surface area contributed by atoms with Crippen LogP contribution in [0.2, 0.25) is 0 Å². The molecule has 1 rings (SSSR count). The van der Waals surface area contributed by atoms with Crippen molar-refractivity contribution in [3.63, 3.8) is 0 Å². The minimum atomic E-state index is -0.774. The van der Waals surface area contributed by atoms with Crippen molar-refractivity contribution in [3.8, 4) is 0 Å². The standard InChI is InChI=1S/C8H12O3S/c1-2-11-8(9)5-7-3-4-12(10)6-7/h3H,2,4-6H2,1H3. The van der Waals surface area contributed by atoms with Crippen LogP contribution < -0.4 is 0 Å². The average molecular weight is 188 g/mol. The van der Waals surface area contributed by atoms with E-state index in [1.165, 1.54) is 0 Å². The third-order valence-electron chi connectivity index (χ3n) is 1.58. The lowest BCUT2D eigenvalue weighted by Gasteiger charge is -2.00. The number of ether oxygens (including phenoxy) is 1. The number of hydrogen-bond acceptors (Lipinski definition) is 3. The first-order valence-corrected chi connectivity index (χ1v) is 5.39. The van der Waals surface area contributed by atoms with Gasteiger partial charge in [-0.25, -0.2) is 0 Å². The van der Waals surface area contributed by atoms with Gasteiger partial charge >= 0.3 is 5.97 Å². The van der Waals surface area contributed by atoms with Crippen molar-refractivity contribution in [2.24, 2.45) is 0 Å². The van der Waals surface area contributed by atoms with Crippen molar-refractivity contribution in [1.29, 1.82) is 0 Å². The SMILES string of the molecule is CCOC(=O)CC1=CCS(=O)C1. The Labute approximate surface area is 74.2 Å². The van der Waals surface area contributed by atoms with Gasteiger partial charge < -0.3 is 4.74 Å². The van der Waals surface area contributed by atoms with E-state index in [1.807, 2.05) is 6.08 Å². The molecule has 3 nitrogen and oxygen atoms in total. The third kappa shape index (κ3) is 2.77. The summed E-state index contributed by atoms with van der Waals surface area (Å²) in [4.78, 5) is 10.9. The molecule has 0 bridgehead atoms. The Bertz CT molecular complexity index is 232. The summed E-state index contributed by atoms with van der Waals surface area (Å²) >= 11 is 0. The van der Waals surface area contributed by atoms with Gasteiger partial charge in [-0.15, -0.1) is 0 Å². The van der Waals surface area contributed by atoms with E-state index in [0.717, 1.165) is 5.57 Å². The van der Waals surface area contributed by atoms with Crippen molar-refractivity contribution in [2.45, 2.75) is 13.3 Å². The van der Waals surface area contributed by atoms with Crippen LogP contribution in [0.15, 0.2) is 11.6 Å². The summed E-state index contributed by atoms with van der Waals surface area (Å²) in [5.41, 5.74) is 0.951. The Morgan fingerprint density at radius 2 is 2.50 bits per heavy atom. The van der Waals surface area contributed by atoms with Gasteiger partial charge in [0.05, 0.1) is 13.0 Å². The van der Waals surface area contributed by atoms with Gasteiger partial charge in [0.1, 0.15) is 0 Å². The number of rotatable bonds is 3. The van der Waals surface area contributed by atoms with Gasteiger partial charge in [0.25, 0.3) is 0 Å². The van der Waals surface area contributed by atoms with Gasteiger partial charge in [-0.3, -0.25) is 9.00 Å². The highest BCUT2D eigenvalue weighted by Gasteiger charge is 2.14. The first-order chi connectivity index (χ1) is 5.72. The van der Waals surface area contributed by atoms with Crippen molar-refractivity contribution < 1.29 is 13.7 Å². The second kappa shape index (κ2) is 4.40. The maximum absolute atomic E-state index is 10.9. The van der Waals surface area contributed by atoms with Crippen LogP contribution in [0.1, 0.15) is 13.3 Å². The van der Waals surface area contributed by atoms with E-state index in [2.05, 4.69) is 0 Å². The van der Waals surface area contributed by atoms with E-state index in [1.54, 1.807) is 6.92 Å². The van der Waals surface area contributed by atoms with E-state index < -0.39 is 10.8 Å². The minimum absolute atomic E-state index is 0.220. The fourth-order valence-corrected chi connectivity index (χ4v) is 2.23. The Hall–Kier alpha value is -0.640. The Morgan fingerprint density at radius 3 is 3.00 bits per heavy atom. The van der Waals surface area contributed by atoms with E-state index in [0.29, 0.717) is 24.5 Å². The molecule has 0 N–H and O–H groups in total. The smallest absolute Gasteiger partial charge is 0.309 e. The zero-order valence-electron chi connectivity index (χ0n) is 7.04. The molecular formula is C8H12O3S. The molecule has 0 spiro atoms. The van der Waals surface area contributed by atoms with Crippen molar-refractivity contribution in [3.05, 3.63) is 11.6 Å². The number of esters is 1. The first kappa shape index (κ1) is 9.45. The summed E-state index contributed by atoms with van der Waals surface area (Å²) < 4.78 is 15.7. The van der Waals surface area contributed by atoms with Gasteiger partial charge in [-0.2, -0.15) is 0 Å². The van der Waals surface area contributed by atoms with Crippen LogP contribution in [-0.2, 0) is 20.3 Å². The Kier molecular flexibility index (Phi) is 3.47. The van der Waals surface area contributed by atoms with Gasteiger partial charge in [0.2, 0.25) is 0 Å². The molecule has 12 heavy (non-hydrogen) atoms. The number of carbonyl (C=O) groups is 1. The highest BCUT2D eigenvalue weighted by molar-refractivity contribution is 7.85. The highest BCUT2D eigenvalue weighted by Crippen LogP contribution is 2.12. The molecule has 0 saturated heterocycles. The van der Waals surface area contributed by atoms with Gasteiger partial charge in [-0.1, -0.05) is 6.08 Å². The maximum Gasteiger partial charge on any atom is 0.309 e. The third-order valence-corrected chi connectivity index (χ3v) is 2.81. The van der Waals surface area contributed by atoms with Crippen LogP contribution in [0, 0.1) is 0 Å². The van der Waals surface area contributed by atoms with Crippen molar-refractivity contribution in [2.75, 3.05) is 18.1 Å². The highest BCUT2D eigenvalue weighted by atomic mass is 32.2. The molecule has 0 aliphatic carbocycles. The lowest BCUT2D eigenvalue weighted by Crippen LogP contribution is -2.06. The molecule has 1 unspecified atom stereocenters. The zero-order valence-corrected chi connectivity index (χ0v) is 7.86. The van der Waals surface area contributed by atoms with E-state index in [-0.39, 0.29) is 5.97 Å². The molecule has 1 aliphatic rings. The van der Waals surface area contributed by atoms with Crippen LogP contribution in [0.3, 0.4) is 0 Å². The van der Waals surface area contributed by atoms with Gasteiger partial charge in [-0.05, 0) is 12.5 Å². The lowest BCUT2D eigenvalue weighted by atomic mass is 10.2. The molecule has 0 aromatic rings. The Balaban J connectivity index is 2.32. The fraction of sp³-hybridized carbons (Fsp3) is 0.625. The molecule has 0 saturated carbocycles. The Morgan fingerprint density at radius 1 is 1.75 bits per heavy atom. The van der Waals surface area contributed by atoms with Crippen molar-refractivity contribution >= 4 is 16.8 Å². The van der Waals surface area contributed by atoms with Crippen LogP contribution >= 0.6 is 0 Å². The van der Waals surface area contributed by atoms with Crippen LogP contribution in [-0.4, -0.2) is 28.3 Å². The molecule has 1 atom stereocenters. The van der Waals surface area contributed by atoms with E-state index >= 15 is 0 Å². The van der Waals surface area contributed by atoms with Gasteiger partial charge in [0, 0.05) is 22.3 Å². The minimum Gasteiger partial charge on any atom is -0.466 e. The predicted molar refractivity (Wildman–Crippen MR) is 47.2 cm³/mol. The van der Waals surface area contributed by atoms with E-state index in [4.69, 9.17) is 4.74 Å². The second-order valence-corrected chi connectivity index (χ2v) is 4.10. The summed E-state index contributed by atoms with van der Waals surface area (Å²) in [7, 11) is -0.774. The first-order valence-electron chi connectivity index (χ1n) is 3.91. The average Bonchev–Trinajstić information content (AvgIpc) is 2.36. The molecule has 68 valence electrons. The monoisotopic (exact) mass is 188 g/mol. The molecule has 0 radical (unpaired) electrons. The van der Waals surface area contributed by atoms with E-state index in [9.17, 15) is 9.00 Å².